The van der Waals surface area contributed by atoms with E-state index in [1.807, 2.05) is 0 Å². The van der Waals surface area contributed by atoms with Crippen molar-refractivity contribution in [1.82, 2.24) is 5.43 Å². The summed E-state index contributed by atoms with van der Waals surface area (Å²) in [6.45, 7) is 2.96. The van der Waals surface area contributed by atoms with Crippen LogP contribution in [0.3, 0.4) is 0 Å². The molecule has 2 rings (SSSR count). The van der Waals surface area contributed by atoms with Gasteiger partial charge in [0, 0.05) is 0 Å². The highest BCUT2D eigenvalue weighted by atomic mass is 16.5. The van der Waals surface area contributed by atoms with Gasteiger partial charge in [0.1, 0.15) is 5.76 Å². The van der Waals surface area contributed by atoms with Crippen molar-refractivity contribution in [2.45, 2.75) is 38.6 Å². The number of benzene rings is 1. The molecular weight excluding hydrogens is 224 g/mol. The number of allylic oxidation sites excluding steroid dienone is 1. The molecule has 1 aromatic carbocycles. The van der Waals surface area contributed by atoms with Gasteiger partial charge in [0.15, 0.2) is 0 Å². The van der Waals surface area contributed by atoms with Crippen molar-refractivity contribution < 1.29 is 4.74 Å². The van der Waals surface area contributed by atoms with E-state index in [1.54, 1.807) is 0 Å². The minimum Gasteiger partial charge on any atom is -0.497 e. The molecule has 0 radical (unpaired) electrons. The minimum atomic E-state index is 0.130. The molecule has 0 aromatic heterocycles. The van der Waals surface area contributed by atoms with Crippen LogP contribution in [-0.2, 0) is 11.2 Å². The van der Waals surface area contributed by atoms with Crippen LogP contribution < -0.4 is 11.3 Å². The Kier molecular flexibility index (Phi) is 4.79. The van der Waals surface area contributed by atoms with Gasteiger partial charge >= 0.3 is 0 Å². The van der Waals surface area contributed by atoms with Crippen LogP contribution in [0.25, 0.3) is 0 Å². The Labute approximate surface area is 109 Å². The van der Waals surface area contributed by atoms with E-state index in [-0.39, 0.29) is 6.04 Å². The number of hydrogen-bond acceptors (Lipinski definition) is 3. The Hall–Kier alpha value is -1.32. The van der Waals surface area contributed by atoms with Gasteiger partial charge in [0.25, 0.3) is 0 Å². The maximum atomic E-state index is 5.67. The number of hydrogen-bond donors (Lipinski definition) is 2. The SMILES string of the molecule is Cc1ccccc1CCC(NN)C1=CCCCO1. The van der Waals surface area contributed by atoms with Crippen molar-refractivity contribution in [3.8, 4) is 0 Å². The van der Waals surface area contributed by atoms with Gasteiger partial charge in [-0.05, 0) is 49.8 Å². The lowest BCUT2D eigenvalue weighted by atomic mass is 9.99. The highest BCUT2D eigenvalue weighted by molar-refractivity contribution is 5.26. The van der Waals surface area contributed by atoms with Crippen LogP contribution in [0.2, 0.25) is 0 Å². The average Bonchev–Trinajstić information content (AvgIpc) is 2.42. The Bertz CT molecular complexity index is 415. The van der Waals surface area contributed by atoms with Crippen molar-refractivity contribution in [1.29, 1.82) is 0 Å². The second-order valence-corrected chi connectivity index (χ2v) is 4.78. The molecule has 1 heterocycles. The zero-order valence-corrected chi connectivity index (χ0v) is 11.0. The Morgan fingerprint density at radius 3 is 2.89 bits per heavy atom. The molecule has 1 atom stereocenters. The number of aryl methyl sites for hydroxylation is 2. The molecule has 98 valence electrons. The fraction of sp³-hybridized carbons (Fsp3) is 0.467. The zero-order chi connectivity index (χ0) is 12.8. The summed E-state index contributed by atoms with van der Waals surface area (Å²) >= 11 is 0. The third-order valence-electron chi connectivity index (χ3n) is 3.47. The minimum absolute atomic E-state index is 0.130. The Morgan fingerprint density at radius 1 is 1.39 bits per heavy atom. The van der Waals surface area contributed by atoms with E-state index in [1.165, 1.54) is 11.1 Å². The van der Waals surface area contributed by atoms with E-state index in [4.69, 9.17) is 10.6 Å². The van der Waals surface area contributed by atoms with Crippen LogP contribution in [0, 0.1) is 6.92 Å². The third kappa shape index (κ3) is 3.34. The van der Waals surface area contributed by atoms with Crippen molar-refractivity contribution in [3.63, 3.8) is 0 Å². The van der Waals surface area contributed by atoms with E-state index < -0.39 is 0 Å². The number of hydrazine groups is 1. The standard InChI is InChI=1S/C15H22N2O/c1-12-6-2-3-7-13(12)9-10-14(17-16)15-8-4-5-11-18-15/h2-3,6-8,14,17H,4-5,9-11,16H2,1H3. The van der Waals surface area contributed by atoms with Gasteiger partial charge in [-0.15, -0.1) is 0 Å². The molecule has 0 aliphatic carbocycles. The molecule has 0 saturated heterocycles. The monoisotopic (exact) mass is 246 g/mol. The van der Waals surface area contributed by atoms with E-state index in [0.29, 0.717) is 0 Å². The highest BCUT2D eigenvalue weighted by Gasteiger charge is 2.16. The molecule has 0 bridgehead atoms. The number of nitrogens with two attached hydrogens (primary N) is 1. The Morgan fingerprint density at radius 2 is 2.22 bits per heavy atom. The molecule has 3 N–H and O–H groups in total. The summed E-state index contributed by atoms with van der Waals surface area (Å²) in [6, 6.07) is 8.62. The molecule has 1 aromatic rings. The summed E-state index contributed by atoms with van der Waals surface area (Å²) < 4.78 is 5.67. The van der Waals surface area contributed by atoms with Crippen LogP contribution in [0.4, 0.5) is 0 Å². The molecule has 18 heavy (non-hydrogen) atoms. The van der Waals surface area contributed by atoms with E-state index in [2.05, 4.69) is 42.7 Å². The summed E-state index contributed by atoms with van der Waals surface area (Å²) in [5.74, 6) is 6.65. The maximum Gasteiger partial charge on any atom is 0.110 e. The highest BCUT2D eigenvalue weighted by Crippen LogP contribution is 2.18. The fourth-order valence-electron chi connectivity index (χ4n) is 2.32. The molecule has 1 aliphatic heterocycles. The molecule has 0 saturated carbocycles. The van der Waals surface area contributed by atoms with E-state index in [9.17, 15) is 0 Å². The van der Waals surface area contributed by atoms with Crippen molar-refractivity contribution in [2.75, 3.05) is 6.61 Å². The predicted octanol–water partition coefficient (Wildman–Crippen LogP) is 2.45. The second kappa shape index (κ2) is 6.57. The second-order valence-electron chi connectivity index (χ2n) is 4.78. The largest absolute Gasteiger partial charge is 0.497 e. The molecule has 0 amide bonds. The molecule has 0 spiro atoms. The van der Waals surface area contributed by atoms with Crippen LogP contribution in [0.5, 0.6) is 0 Å². The van der Waals surface area contributed by atoms with E-state index >= 15 is 0 Å². The van der Waals surface area contributed by atoms with Gasteiger partial charge in [0.05, 0.1) is 12.6 Å². The summed E-state index contributed by atoms with van der Waals surface area (Å²) in [7, 11) is 0. The molecule has 3 heteroatoms. The van der Waals surface area contributed by atoms with Crippen molar-refractivity contribution in [2.24, 2.45) is 5.84 Å². The fourth-order valence-corrected chi connectivity index (χ4v) is 2.32. The van der Waals surface area contributed by atoms with Crippen LogP contribution in [-0.4, -0.2) is 12.6 Å². The molecular formula is C15H22N2O. The topological polar surface area (TPSA) is 47.3 Å². The van der Waals surface area contributed by atoms with Gasteiger partial charge in [-0.3, -0.25) is 5.84 Å². The lowest BCUT2D eigenvalue weighted by Crippen LogP contribution is -2.38. The summed E-state index contributed by atoms with van der Waals surface area (Å²) in [5, 5.41) is 0. The quantitative estimate of drug-likeness (QED) is 0.619. The molecule has 0 fully saturated rings. The van der Waals surface area contributed by atoms with Crippen molar-refractivity contribution in [3.05, 3.63) is 47.2 Å². The van der Waals surface area contributed by atoms with Crippen LogP contribution in [0.15, 0.2) is 36.1 Å². The van der Waals surface area contributed by atoms with Crippen LogP contribution in [0.1, 0.15) is 30.4 Å². The van der Waals surface area contributed by atoms with Gasteiger partial charge in [-0.25, -0.2) is 5.43 Å². The number of rotatable bonds is 5. The zero-order valence-electron chi connectivity index (χ0n) is 11.0. The summed E-state index contributed by atoms with van der Waals surface area (Å²) in [4.78, 5) is 0. The van der Waals surface area contributed by atoms with Gasteiger partial charge < -0.3 is 4.74 Å². The molecule has 1 unspecified atom stereocenters. The lowest BCUT2D eigenvalue weighted by molar-refractivity contribution is 0.165. The molecule has 3 nitrogen and oxygen atoms in total. The third-order valence-corrected chi connectivity index (χ3v) is 3.47. The average molecular weight is 246 g/mol. The number of nitrogens with one attached hydrogen (secondary N) is 1. The Balaban J connectivity index is 1.95. The molecule has 1 aliphatic rings. The van der Waals surface area contributed by atoms with E-state index in [0.717, 1.165) is 38.0 Å². The normalized spacial score (nSPS) is 16.9. The first-order valence-corrected chi connectivity index (χ1v) is 6.64. The smallest absolute Gasteiger partial charge is 0.110 e. The van der Waals surface area contributed by atoms with Crippen molar-refractivity contribution >= 4 is 0 Å². The van der Waals surface area contributed by atoms with Gasteiger partial charge in [-0.1, -0.05) is 24.3 Å². The summed E-state index contributed by atoms with van der Waals surface area (Å²) in [5.41, 5.74) is 5.59. The number of ether oxygens (including phenoxy) is 1. The maximum absolute atomic E-state index is 5.67. The van der Waals surface area contributed by atoms with Gasteiger partial charge in [-0.2, -0.15) is 0 Å². The summed E-state index contributed by atoms with van der Waals surface area (Å²) in [6.07, 6.45) is 6.35. The predicted molar refractivity (Wildman–Crippen MR) is 73.9 cm³/mol. The first-order valence-electron chi connectivity index (χ1n) is 6.64. The lowest BCUT2D eigenvalue weighted by Gasteiger charge is -2.23. The first kappa shape index (κ1) is 13.1. The van der Waals surface area contributed by atoms with Crippen LogP contribution >= 0.6 is 0 Å². The van der Waals surface area contributed by atoms with Gasteiger partial charge in [0.2, 0.25) is 0 Å². The first-order chi connectivity index (χ1) is 8.81.